The molecular weight excluding hydrogens is 450 g/mol. The number of aryl methyl sites for hydroxylation is 2. The van der Waals surface area contributed by atoms with Crippen LogP contribution in [-0.2, 0) is 10.0 Å². The lowest BCUT2D eigenvalue weighted by atomic mass is 10.1. The molecule has 3 aromatic carbocycles. The number of sulfonamides is 1. The highest BCUT2D eigenvalue weighted by atomic mass is 32.2. The number of anilines is 2. The Hall–Kier alpha value is -4.17. The van der Waals surface area contributed by atoms with Crippen LogP contribution in [0.15, 0.2) is 96.2 Å². The summed E-state index contributed by atoms with van der Waals surface area (Å²) in [5.74, 6) is 0.856. The first kappa shape index (κ1) is 23.0. The van der Waals surface area contributed by atoms with E-state index in [0.717, 1.165) is 11.1 Å². The first-order chi connectivity index (χ1) is 16.3. The van der Waals surface area contributed by atoms with Crippen LogP contribution in [0.1, 0.15) is 21.5 Å². The summed E-state index contributed by atoms with van der Waals surface area (Å²) < 4.78 is 33.9. The molecule has 0 aliphatic rings. The molecule has 4 rings (SSSR count). The average Bonchev–Trinajstić information content (AvgIpc) is 2.83. The third kappa shape index (κ3) is 5.41. The molecule has 0 spiro atoms. The normalized spacial score (nSPS) is 11.0. The molecule has 0 aliphatic heterocycles. The summed E-state index contributed by atoms with van der Waals surface area (Å²) >= 11 is 0. The van der Waals surface area contributed by atoms with Gasteiger partial charge in [-0.3, -0.25) is 14.5 Å². The van der Waals surface area contributed by atoms with Gasteiger partial charge in [0.1, 0.15) is 11.5 Å². The number of aromatic nitrogens is 1. The van der Waals surface area contributed by atoms with Gasteiger partial charge in [0.05, 0.1) is 16.8 Å². The van der Waals surface area contributed by atoms with Crippen LogP contribution < -0.4 is 14.8 Å². The molecule has 0 radical (unpaired) electrons. The molecule has 0 aliphatic carbocycles. The molecule has 0 unspecified atom stereocenters. The second-order valence-corrected chi connectivity index (χ2v) is 9.35. The molecule has 34 heavy (non-hydrogen) atoms. The number of hydrogen-bond donors (Lipinski definition) is 2. The van der Waals surface area contributed by atoms with E-state index < -0.39 is 10.0 Å². The fraction of sp³-hybridized carbons (Fsp3) is 0.0769. The van der Waals surface area contributed by atoms with Gasteiger partial charge >= 0.3 is 0 Å². The molecule has 0 atom stereocenters. The van der Waals surface area contributed by atoms with Gasteiger partial charge in [0.25, 0.3) is 15.9 Å². The number of amides is 1. The van der Waals surface area contributed by atoms with Crippen LogP contribution in [-0.4, -0.2) is 19.3 Å². The van der Waals surface area contributed by atoms with Crippen molar-refractivity contribution in [2.75, 3.05) is 10.0 Å². The Morgan fingerprint density at radius 2 is 1.50 bits per heavy atom. The minimum Gasteiger partial charge on any atom is -0.456 e. The number of para-hydroxylation sites is 1. The predicted octanol–water partition coefficient (Wildman–Crippen LogP) is 5.54. The highest BCUT2D eigenvalue weighted by Gasteiger charge is 2.17. The first-order valence-electron chi connectivity index (χ1n) is 10.5. The van der Waals surface area contributed by atoms with E-state index in [1.807, 2.05) is 32.0 Å². The van der Waals surface area contributed by atoms with Gasteiger partial charge in [-0.15, -0.1) is 0 Å². The number of benzene rings is 3. The van der Waals surface area contributed by atoms with Crippen LogP contribution in [0.5, 0.6) is 11.5 Å². The predicted molar refractivity (Wildman–Crippen MR) is 132 cm³/mol. The molecule has 7 nitrogen and oxygen atoms in total. The van der Waals surface area contributed by atoms with E-state index >= 15 is 0 Å². The third-order valence-electron chi connectivity index (χ3n) is 5.13. The molecule has 0 fully saturated rings. The summed E-state index contributed by atoms with van der Waals surface area (Å²) in [4.78, 5) is 16.7. The molecular formula is C26H23N3O4S. The Labute approximate surface area is 198 Å². The smallest absolute Gasteiger partial charge is 0.261 e. The Balaban J connectivity index is 1.41. The molecule has 4 aromatic rings. The number of hydrogen-bond acceptors (Lipinski definition) is 5. The summed E-state index contributed by atoms with van der Waals surface area (Å²) in [6.07, 6.45) is 3.26. The van der Waals surface area contributed by atoms with Crippen LogP contribution in [0.2, 0.25) is 0 Å². The monoisotopic (exact) mass is 473 g/mol. The van der Waals surface area contributed by atoms with Gasteiger partial charge in [0, 0.05) is 17.4 Å². The minimum absolute atomic E-state index is 0.102. The quantitative estimate of drug-likeness (QED) is 0.367. The lowest BCUT2D eigenvalue weighted by Crippen LogP contribution is -2.15. The van der Waals surface area contributed by atoms with Crippen LogP contribution in [0.3, 0.4) is 0 Å². The van der Waals surface area contributed by atoms with Crippen LogP contribution >= 0.6 is 0 Å². The number of carbonyl (C=O) groups is 1. The van der Waals surface area contributed by atoms with Gasteiger partial charge in [-0.25, -0.2) is 8.42 Å². The number of rotatable bonds is 7. The molecule has 2 N–H and O–H groups in total. The minimum atomic E-state index is -3.77. The van der Waals surface area contributed by atoms with Crippen molar-refractivity contribution in [3.8, 4) is 11.5 Å². The largest absolute Gasteiger partial charge is 0.456 e. The van der Waals surface area contributed by atoms with Crippen LogP contribution in [0.4, 0.5) is 11.4 Å². The molecule has 0 bridgehead atoms. The van der Waals surface area contributed by atoms with E-state index in [1.165, 1.54) is 12.1 Å². The van der Waals surface area contributed by atoms with Crippen LogP contribution in [0, 0.1) is 13.8 Å². The lowest BCUT2D eigenvalue weighted by molar-refractivity contribution is 0.102. The van der Waals surface area contributed by atoms with E-state index in [0.29, 0.717) is 28.4 Å². The number of nitrogens with zero attached hydrogens (tertiary/aromatic N) is 1. The van der Waals surface area contributed by atoms with Gasteiger partial charge in [0.15, 0.2) is 0 Å². The van der Waals surface area contributed by atoms with Crippen molar-refractivity contribution in [1.29, 1.82) is 0 Å². The Morgan fingerprint density at radius 3 is 2.12 bits per heavy atom. The highest BCUT2D eigenvalue weighted by molar-refractivity contribution is 7.92. The number of pyridine rings is 1. The van der Waals surface area contributed by atoms with E-state index in [4.69, 9.17) is 4.74 Å². The molecule has 1 heterocycles. The maximum atomic E-state index is 12.8. The van der Waals surface area contributed by atoms with Crippen molar-refractivity contribution in [2.45, 2.75) is 18.7 Å². The molecule has 0 saturated carbocycles. The Morgan fingerprint density at radius 1 is 0.824 bits per heavy atom. The molecule has 1 aromatic heterocycles. The van der Waals surface area contributed by atoms with Gasteiger partial charge in [-0.2, -0.15) is 0 Å². The van der Waals surface area contributed by atoms with Gasteiger partial charge < -0.3 is 10.1 Å². The highest BCUT2D eigenvalue weighted by Crippen LogP contribution is 2.25. The summed E-state index contributed by atoms with van der Waals surface area (Å²) in [7, 11) is -3.77. The fourth-order valence-corrected chi connectivity index (χ4v) is 4.51. The van der Waals surface area contributed by atoms with Crippen molar-refractivity contribution in [1.82, 2.24) is 4.98 Å². The maximum absolute atomic E-state index is 12.8. The third-order valence-corrected chi connectivity index (χ3v) is 6.49. The zero-order valence-electron chi connectivity index (χ0n) is 18.6. The molecule has 0 saturated heterocycles. The standard InChI is InChI=1S/C26H23N3O4S/c1-18-5-3-6-19(2)25(18)29-34(31,32)24-14-10-21(11-15-24)28-26(30)20-8-12-22(13-9-20)33-23-7-4-16-27-17-23/h3-17,29H,1-2H3,(H,28,30). The molecule has 1 amide bonds. The van der Waals surface area contributed by atoms with E-state index in [-0.39, 0.29) is 10.8 Å². The lowest BCUT2D eigenvalue weighted by Gasteiger charge is -2.13. The molecule has 172 valence electrons. The first-order valence-corrected chi connectivity index (χ1v) is 12.0. The number of nitrogens with one attached hydrogen (secondary N) is 2. The Kier molecular flexibility index (Phi) is 6.60. The number of ether oxygens (including phenoxy) is 1. The van der Waals surface area contributed by atoms with Gasteiger partial charge in [0.2, 0.25) is 0 Å². The van der Waals surface area contributed by atoms with Crippen molar-refractivity contribution in [2.24, 2.45) is 0 Å². The summed E-state index contributed by atoms with van der Waals surface area (Å²) in [6, 6.07) is 21.8. The van der Waals surface area contributed by atoms with Gasteiger partial charge in [-0.05, 0) is 85.6 Å². The van der Waals surface area contributed by atoms with Crippen molar-refractivity contribution < 1.29 is 17.9 Å². The zero-order valence-corrected chi connectivity index (χ0v) is 19.5. The van der Waals surface area contributed by atoms with Crippen molar-refractivity contribution in [3.63, 3.8) is 0 Å². The van der Waals surface area contributed by atoms with E-state index in [1.54, 1.807) is 60.9 Å². The van der Waals surface area contributed by atoms with Crippen LogP contribution in [0.25, 0.3) is 0 Å². The summed E-state index contributed by atoms with van der Waals surface area (Å²) in [5, 5.41) is 2.77. The SMILES string of the molecule is Cc1cccc(C)c1NS(=O)(=O)c1ccc(NC(=O)c2ccc(Oc3cccnc3)cc2)cc1. The average molecular weight is 474 g/mol. The van der Waals surface area contributed by atoms with Gasteiger partial charge in [-0.1, -0.05) is 18.2 Å². The van der Waals surface area contributed by atoms with E-state index in [2.05, 4.69) is 15.0 Å². The summed E-state index contributed by atoms with van der Waals surface area (Å²) in [6.45, 7) is 3.70. The fourth-order valence-electron chi connectivity index (χ4n) is 3.31. The Bertz CT molecular complexity index is 1380. The van der Waals surface area contributed by atoms with Crippen molar-refractivity contribution >= 4 is 27.3 Å². The second-order valence-electron chi connectivity index (χ2n) is 7.67. The zero-order chi connectivity index (χ0) is 24.1. The maximum Gasteiger partial charge on any atom is 0.261 e. The molecule has 8 heteroatoms. The summed E-state index contributed by atoms with van der Waals surface area (Å²) in [5.41, 5.74) is 3.16. The van der Waals surface area contributed by atoms with Crippen molar-refractivity contribution in [3.05, 3.63) is 108 Å². The second kappa shape index (κ2) is 9.76. The number of carbonyl (C=O) groups excluding carboxylic acids is 1. The topological polar surface area (TPSA) is 97.4 Å². The van der Waals surface area contributed by atoms with E-state index in [9.17, 15) is 13.2 Å².